The van der Waals surface area contributed by atoms with Gasteiger partial charge < -0.3 is 9.52 Å². The molecule has 28 heavy (non-hydrogen) atoms. The third-order valence-electron chi connectivity index (χ3n) is 6.14. The SMILES string of the molecule is C/C(=C\C=C\c1occc1C(=O)O)c1cc2c(cc1C)C(C)(C)CCC2(C)C. The summed E-state index contributed by atoms with van der Waals surface area (Å²) in [4.78, 5) is 11.2. The topological polar surface area (TPSA) is 50.4 Å². The van der Waals surface area contributed by atoms with Gasteiger partial charge in [0.1, 0.15) is 11.3 Å². The number of hydrogen-bond donors (Lipinski definition) is 1. The maximum absolute atomic E-state index is 11.2. The van der Waals surface area contributed by atoms with Gasteiger partial charge in [-0.25, -0.2) is 4.79 Å². The largest absolute Gasteiger partial charge is 0.478 e. The molecule has 1 N–H and O–H groups in total. The van der Waals surface area contributed by atoms with Crippen LogP contribution in [-0.4, -0.2) is 11.1 Å². The highest BCUT2D eigenvalue weighted by atomic mass is 16.4. The second kappa shape index (κ2) is 7.12. The number of aryl methyl sites for hydroxylation is 1. The molecule has 0 bridgehead atoms. The zero-order valence-corrected chi connectivity index (χ0v) is 17.7. The Morgan fingerprint density at radius 2 is 1.68 bits per heavy atom. The molecule has 1 aromatic heterocycles. The van der Waals surface area contributed by atoms with Gasteiger partial charge in [-0.05, 0) is 77.5 Å². The van der Waals surface area contributed by atoms with Gasteiger partial charge in [0.25, 0.3) is 0 Å². The van der Waals surface area contributed by atoms with Gasteiger partial charge in [-0.3, -0.25) is 0 Å². The predicted octanol–water partition coefficient (Wildman–Crippen LogP) is 6.75. The van der Waals surface area contributed by atoms with E-state index in [1.807, 2.05) is 12.2 Å². The van der Waals surface area contributed by atoms with Crippen LogP contribution in [0.4, 0.5) is 0 Å². The maximum atomic E-state index is 11.2. The summed E-state index contributed by atoms with van der Waals surface area (Å²) < 4.78 is 5.26. The van der Waals surface area contributed by atoms with Gasteiger partial charge in [0.15, 0.2) is 0 Å². The second-order valence-corrected chi connectivity index (χ2v) is 9.19. The van der Waals surface area contributed by atoms with E-state index >= 15 is 0 Å². The Balaban J connectivity index is 1.97. The predicted molar refractivity (Wildman–Crippen MR) is 115 cm³/mol. The van der Waals surface area contributed by atoms with E-state index in [1.54, 1.807) is 6.08 Å². The van der Waals surface area contributed by atoms with Crippen molar-refractivity contribution in [2.24, 2.45) is 0 Å². The first-order valence-electron chi connectivity index (χ1n) is 9.85. The highest BCUT2D eigenvalue weighted by Gasteiger charge is 2.37. The van der Waals surface area contributed by atoms with Crippen LogP contribution < -0.4 is 0 Å². The van der Waals surface area contributed by atoms with Crippen molar-refractivity contribution in [1.82, 2.24) is 0 Å². The van der Waals surface area contributed by atoms with Crippen molar-refractivity contribution >= 4 is 17.6 Å². The van der Waals surface area contributed by atoms with Crippen molar-refractivity contribution < 1.29 is 14.3 Å². The molecule has 0 saturated heterocycles. The molecule has 1 heterocycles. The number of benzene rings is 1. The molecular formula is C25H30O3. The highest BCUT2D eigenvalue weighted by molar-refractivity contribution is 5.91. The molecular weight excluding hydrogens is 348 g/mol. The molecule has 0 unspecified atom stereocenters. The van der Waals surface area contributed by atoms with Crippen LogP contribution in [0.15, 0.2) is 41.0 Å². The van der Waals surface area contributed by atoms with Gasteiger partial charge in [0.05, 0.1) is 6.26 Å². The second-order valence-electron chi connectivity index (χ2n) is 9.19. The van der Waals surface area contributed by atoms with Gasteiger partial charge in [-0.2, -0.15) is 0 Å². The Bertz CT molecular complexity index is 968. The first-order valence-corrected chi connectivity index (χ1v) is 9.85. The van der Waals surface area contributed by atoms with Gasteiger partial charge in [0, 0.05) is 0 Å². The number of carboxylic acid groups (broad SMARTS) is 1. The molecule has 0 aliphatic heterocycles. The summed E-state index contributed by atoms with van der Waals surface area (Å²) in [6.07, 6.45) is 9.37. The van der Waals surface area contributed by atoms with E-state index in [9.17, 15) is 9.90 Å². The van der Waals surface area contributed by atoms with E-state index in [4.69, 9.17) is 4.42 Å². The molecule has 2 aromatic rings. The monoisotopic (exact) mass is 378 g/mol. The lowest BCUT2D eigenvalue weighted by atomic mass is 9.62. The van der Waals surface area contributed by atoms with Crippen molar-refractivity contribution in [3.05, 3.63) is 70.2 Å². The molecule has 3 heteroatoms. The van der Waals surface area contributed by atoms with Crippen LogP contribution in [0.2, 0.25) is 0 Å². The number of furan rings is 1. The minimum atomic E-state index is -0.982. The quantitative estimate of drug-likeness (QED) is 0.599. The zero-order valence-electron chi connectivity index (χ0n) is 17.7. The minimum Gasteiger partial charge on any atom is -0.478 e. The molecule has 0 spiro atoms. The van der Waals surface area contributed by atoms with Gasteiger partial charge in [-0.1, -0.05) is 52.0 Å². The van der Waals surface area contributed by atoms with E-state index in [0.717, 1.165) is 5.57 Å². The first kappa shape index (κ1) is 20.2. The molecule has 0 amide bonds. The van der Waals surface area contributed by atoms with Gasteiger partial charge >= 0.3 is 5.97 Å². The van der Waals surface area contributed by atoms with Crippen LogP contribution in [-0.2, 0) is 10.8 Å². The fraction of sp³-hybridized carbons (Fsp3) is 0.400. The molecule has 1 aromatic carbocycles. The number of carboxylic acids is 1. The molecule has 1 aliphatic rings. The fourth-order valence-electron chi connectivity index (χ4n) is 4.14. The average Bonchev–Trinajstić information content (AvgIpc) is 3.07. The highest BCUT2D eigenvalue weighted by Crippen LogP contribution is 2.47. The van der Waals surface area contributed by atoms with Crippen LogP contribution in [0.5, 0.6) is 0 Å². The summed E-state index contributed by atoms with van der Waals surface area (Å²) in [7, 11) is 0. The molecule has 3 rings (SSSR count). The lowest BCUT2D eigenvalue weighted by Crippen LogP contribution is -2.34. The zero-order chi connectivity index (χ0) is 20.7. The summed E-state index contributed by atoms with van der Waals surface area (Å²) >= 11 is 0. The Labute approximate surface area is 167 Å². The average molecular weight is 379 g/mol. The van der Waals surface area contributed by atoms with Crippen LogP contribution in [0.1, 0.15) is 85.8 Å². The maximum Gasteiger partial charge on any atom is 0.339 e. The number of aromatic carboxylic acids is 1. The lowest BCUT2D eigenvalue weighted by molar-refractivity contribution is 0.0696. The summed E-state index contributed by atoms with van der Waals surface area (Å²) in [5.74, 6) is -0.619. The van der Waals surface area contributed by atoms with E-state index in [1.165, 1.54) is 47.4 Å². The van der Waals surface area contributed by atoms with Crippen LogP contribution in [0, 0.1) is 6.92 Å². The van der Waals surface area contributed by atoms with E-state index in [0.29, 0.717) is 5.76 Å². The molecule has 1 aliphatic carbocycles. The van der Waals surface area contributed by atoms with Crippen molar-refractivity contribution in [1.29, 1.82) is 0 Å². The van der Waals surface area contributed by atoms with Gasteiger partial charge in [-0.15, -0.1) is 0 Å². The Kier molecular flexibility index (Phi) is 5.14. The number of hydrogen-bond acceptors (Lipinski definition) is 2. The van der Waals surface area contributed by atoms with Crippen LogP contribution >= 0.6 is 0 Å². The standard InChI is InChI=1S/C25H30O3/c1-16(8-7-9-22-18(23(26)27)10-13-28-22)19-15-21-20(14-17(19)2)24(3,4)11-12-25(21,5)6/h7-10,13-15H,11-12H2,1-6H3,(H,26,27)/b9-7+,16-8+. The molecule has 3 nitrogen and oxygen atoms in total. The van der Waals surface area contributed by atoms with Crippen molar-refractivity contribution in [2.45, 2.75) is 65.2 Å². The van der Waals surface area contributed by atoms with E-state index in [2.05, 4.69) is 53.7 Å². The molecule has 0 atom stereocenters. The van der Waals surface area contributed by atoms with Crippen molar-refractivity contribution in [2.75, 3.05) is 0 Å². The Morgan fingerprint density at radius 3 is 2.29 bits per heavy atom. The van der Waals surface area contributed by atoms with Crippen LogP contribution in [0.3, 0.4) is 0 Å². The molecule has 0 saturated carbocycles. The summed E-state index contributed by atoms with van der Waals surface area (Å²) in [5.41, 5.74) is 7.14. The summed E-state index contributed by atoms with van der Waals surface area (Å²) in [6.45, 7) is 13.6. The normalized spacial score (nSPS) is 18.3. The van der Waals surface area contributed by atoms with Crippen LogP contribution in [0.25, 0.3) is 11.6 Å². The molecule has 0 radical (unpaired) electrons. The summed E-state index contributed by atoms with van der Waals surface area (Å²) in [5, 5.41) is 9.17. The van der Waals surface area contributed by atoms with E-state index < -0.39 is 5.97 Å². The third-order valence-corrected chi connectivity index (χ3v) is 6.14. The number of fused-ring (bicyclic) bond motifs is 1. The van der Waals surface area contributed by atoms with Crippen molar-refractivity contribution in [3.63, 3.8) is 0 Å². The number of allylic oxidation sites excluding steroid dienone is 3. The smallest absolute Gasteiger partial charge is 0.339 e. The van der Waals surface area contributed by atoms with E-state index in [-0.39, 0.29) is 16.4 Å². The molecule has 0 fully saturated rings. The van der Waals surface area contributed by atoms with Gasteiger partial charge in [0.2, 0.25) is 0 Å². The first-order chi connectivity index (χ1) is 13.0. The molecule has 148 valence electrons. The number of carbonyl (C=O) groups is 1. The van der Waals surface area contributed by atoms with Crippen molar-refractivity contribution in [3.8, 4) is 0 Å². The third kappa shape index (κ3) is 3.71. The Hall–Kier alpha value is -2.55. The minimum absolute atomic E-state index is 0.175. The number of rotatable bonds is 4. The summed E-state index contributed by atoms with van der Waals surface area (Å²) in [6, 6.07) is 6.19. The lowest BCUT2D eigenvalue weighted by Gasteiger charge is -2.42. The Morgan fingerprint density at radius 1 is 1.07 bits per heavy atom. The fourth-order valence-corrected chi connectivity index (χ4v) is 4.14.